The first-order chi connectivity index (χ1) is 18.4. The van der Waals surface area contributed by atoms with Crippen LogP contribution in [0.25, 0.3) is 38.8 Å². The summed E-state index contributed by atoms with van der Waals surface area (Å²) < 4.78 is 3.38. The van der Waals surface area contributed by atoms with Gasteiger partial charge in [-0.2, -0.15) is 5.26 Å². The first-order valence-corrected chi connectivity index (χ1v) is 12.8. The van der Waals surface area contributed by atoms with E-state index in [1.165, 1.54) is 0 Å². The Morgan fingerprint density at radius 2 is 1.66 bits per heavy atom. The zero-order valence-electron chi connectivity index (χ0n) is 21.8. The Balaban J connectivity index is 1.49. The number of imidazole rings is 1. The standard InChI is InChI=1S/C30H29N7O/c1-20(18-31)21-4-7-24(8-5-21)37-29-25-16-22(6-9-26(25)33-19-27(29)35(3)30(37)38)23-10-11-32-28(17-23)36-14-12-34(2)13-15-36/h4-11,16-17,19-20H,12-15H2,1-3H3. The van der Waals surface area contributed by atoms with Crippen molar-refractivity contribution in [1.29, 1.82) is 5.26 Å². The second-order valence-corrected chi connectivity index (χ2v) is 10.0. The van der Waals surface area contributed by atoms with E-state index >= 15 is 0 Å². The number of pyridine rings is 2. The Morgan fingerprint density at radius 1 is 0.921 bits per heavy atom. The minimum absolute atomic E-state index is 0.137. The molecular weight excluding hydrogens is 474 g/mol. The normalized spacial score (nSPS) is 15.2. The highest BCUT2D eigenvalue weighted by molar-refractivity contribution is 6.04. The van der Waals surface area contributed by atoms with Crippen LogP contribution in [0.2, 0.25) is 0 Å². The van der Waals surface area contributed by atoms with Gasteiger partial charge in [0.2, 0.25) is 0 Å². The summed E-state index contributed by atoms with van der Waals surface area (Å²) in [6.45, 7) is 5.82. The van der Waals surface area contributed by atoms with Crippen molar-refractivity contribution in [3.8, 4) is 22.9 Å². The SMILES string of the molecule is CC(C#N)c1ccc(-n2c(=O)n(C)c3cnc4ccc(-c5ccnc(N6CCN(C)CC6)c5)cc4c32)cc1. The van der Waals surface area contributed by atoms with E-state index in [9.17, 15) is 10.1 Å². The average molecular weight is 504 g/mol. The third kappa shape index (κ3) is 4.01. The van der Waals surface area contributed by atoms with Gasteiger partial charge in [-0.05, 0) is 67.1 Å². The number of likely N-dealkylation sites (N-methyl/N-ethyl adjacent to an activating group) is 1. The summed E-state index contributed by atoms with van der Waals surface area (Å²) in [5, 5.41) is 10.2. The van der Waals surface area contributed by atoms with Gasteiger partial charge in [0.05, 0.1) is 40.4 Å². The number of hydrogen-bond donors (Lipinski definition) is 0. The van der Waals surface area contributed by atoms with Gasteiger partial charge in [-0.3, -0.25) is 14.1 Å². The molecule has 4 heterocycles. The Labute approximate surface area is 221 Å². The van der Waals surface area contributed by atoms with E-state index in [0.29, 0.717) is 0 Å². The number of aryl methyl sites for hydroxylation is 1. The Kier molecular flexibility index (Phi) is 5.93. The molecule has 8 nitrogen and oxygen atoms in total. The number of anilines is 1. The summed E-state index contributed by atoms with van der Waals surface area (Å²) >= 11 is 0. The number of hydrogen-bond acceptors (Lipinski definition) is 6. The van der Waals surface area contributed by atoms with Gasteiger partial charge in [-0.1, -0.05) is 18.2 Å². The zero-order valence-corrected chi connectivity index (χ0v) is 21.8. The monoisotopic (exact) mass is 503 g/mol. The Hall–Kier alpha value is -4.48. The van der Waals surface area contributed by atoms with Crippen LogP contribution in [0.1, 0.15) is 18.4 Å². The van der Waals surface area contributed by atoms with Crippen LogP contribution >= 0.6 is 0 Å². The van der Waals surface area contributed by atoms with Gasteiger partial charge in [-0.15, -0.1) is 0 Å². The molecule has 0 saturated carbocycles. The van der Waals surface area contributed by atoms with Gasteiger partial charge in [0, 0.05) is 44.8 Å². The van der Waals surface area contributed by atoms with Crippen LogP contribution in [0.4, 0.5) is 5.82 Å². The van der Waals surface area contributed by atoms with Gasteiger partial charge < -0.3 is 9.80 Å². The maximum Gasteiger partial charge on any atom is 0.333 e. The number of benzene rings is 2. The molecule has 0 bridgehead atoms. The molecule has 0 aliphatic carbocycles. The minimum atomic E-state index is -0.211. The maximum absolute atomic E-state index is 13.4. The molecule has 8 heteroatoms. The molecule has 1 saturated heterocycles. The van der Waals surface area contributed by atoms with Crippen LogP contribution in [0.3, 0.4) is 0 Å². The molecule has 0 radical (unpaired) electrons. The molecule has 6 rings (SSSR count). The summed E-state index contributed by atoms with van der Waals surface area (Å²) in [4.78, 5) is 27.4. The lowest BCUT2D eigenvalue weighted by atomic mass is 10.0. The number of rotatable bonds is 4. The van der Waals surface area contributed by atoms with Crippen molar-refractivity contribution in [2.24, 2.45) is 7.05 Å². The third-order valence-corrected chi connectivity index (χ3v) is 7.63. The van der Waals surface area contributed by atoms with Gasteiger partial charge in [0.25, 0.3) is 0 Å². The highest BCUT2D eigenvalue weighted by Gasteiger charge is 2.18. The third-order valence-electron chi connectivity index (χ3n) is 7.63. The van der Waals surface area contributed by atoms with Crippen LogP contribution < -0.4 is 10.6 Å². The van der Waals surface area contributed by atoms with Crippen molar-refractivity contribution in [3.63, 3.8) is 0 Å². The van der Waals surface area contributed by atoms with Gasteiger partial charge in [-0.25, -0.2) is 9.78 Å². The molecule has 1 aliphatic heterocycles. The highest BCUT2D eigenvalue weighted by atomic mass is 16.1. The lowest BCUT2D eigenvalue weighted by Crippen LogP contribution is -2.44. The fraction of sp³-hybridized carbons (Fsp3) is 0.267. The summed E-state index contributed by atoms with van der Waals surface area (Å²) in [5.41, 5.74) is 6.07. The molecule has 0 N–H and O–H groups in total. The first-order valence-electron chi connectivity index (χ1n) is 12.8. The first kappa shape index (κ1) is 23.9. The largest absolute Gasteiger partial charge is 0.354 e. The van der Waals surface area contributed by atoms with E-state index in [0.717, 1.165) is 76.3 Å². The molecule has 5 aromatic rings. The number of nitrogens with zero attached hydrogens (tertiary/aromatic N) is 7. The van der Waals surface area contributed by atoms with E-state index in [-0.39, 0.29) is 11.6 Å². The summed E-state index contributed by atoms with van der Waals surface area (Å²) in [6.07, 6.45) is 3.63. The van der Waals surface area contributed by atoms with Crippen molar-refractivity contribution >= 4 is 27.8 Å². The van der Waals surface area contributed by atoms with Crippen LogP contribution in [0, 0.1) is 11.3 Å². The van der Waals surface area contributed by atoms with E-state index in [2.05, 4.69) is 51.1 Å². The minimum Gasteiger partial charge on any atom is -0.354 e. The predicted molar refractivity (Wildman–Crippen MR) is 151 cm³/mol. The van der Waals surface area contributed by atoms with Gasteiger partial charge >= 0.3 is 5.69 Å². The summed E-state index contributed by atoms with van der Waals surface area (Å²) in [6, 6.07) is 20.3. The van der Waals surface area contributed by atoms with Crippen molar-refractivity contribution in [2.75, 3.05) is 38.1 Å². The second kappa shape index (κ2) is 9.43. The molecule has 1 unspecified atom stereocenters. The van der Waals surface area contributed by atoms with E-state index in [1.54, 1.807) is 22.4 Å². The summed E-state index contributed by atoms with van der Waals surface area (Å²) in [7, 11) is 3.92. The Bertz CT molecular complexity index is 1750. The van der Waals surface area contributed by atoms with E-state index in [1.807, 2.05) is 49.5 Å². The van der Waals surface area contributed by atoms with Crippen LogP contribution in [-0.4, -0.2) is 57.2 Å². The van der Waals surface area contributed by atoms with Crippen molar-refractivity contribution in [3.05, 3.63) is 83.0 Å². The second-order valence-electron chi connectivity index (χ2n) is 10.0. The molecule has 0 amide bonds. The smallest absolute Gasteiger partial charge is 0.333 e. The van der Waals surface area contributed by atoms with Gasteiger partial charge in [0.15, 0.2) is 0 Å². The number of nitriles is 1. The lowest BCUT2D eigenvalue weighted by molar-refractivity contribution is 0.312. The molecule has 1 aliphatic rings. The molecule has 2 aromatic carbocycles. The van der Waals surface area contributed by atoms with Crippen molar-refractivity contribution in [1.82, 2.24) is 24.0 Å². The fourth-order valence-corrected chi connectivity index (χ4v) is 5.21. The van der Waals surface area contributed by atoms with Crippen molar-refractivity contribution < 1.29 is 0 Å². The molecule has 190 valence electrons. The van der Waals surface area contributed by atoms with E-state index in [4.69, 9.17) is 0 Å². The number of fused-ring (bicyclic) bond motifs is 3. The predicted octanol–water partition coefficient (Wildman–Crippen LogP) is 4.32. The van der Waals surface area contributed by atoms with Crippen LogP contribution in [0.15, 0.2) is 71.8 Å². The average Bonchev–Trinajstić information content (AvgIpc) is 3.22. The quantitative estimate of drug-likeness (QED) is 0.363. The molecule has 1 atom stereocenters. The van der Waals surface area contributed by atoms with Gasteiger partial charge in [0.1, 0.15) is 5.82 Å². The topological polar surface area (TPSA) is 83.0 Å². The molecule has 38 heavy (non-hydrogen) atoms. The van der Waals surface area contributed by atoms with Crippen LogP contribution in [-0.2, 0) is 7.05 Å². The van der Waals surface area contributed by atoms with Crippen molar-refractivity contribution in [2.45, 2.75) is 12.8 Å². The van der Waals surface area contributed by atoms with Crippen LogP contribution in [0.5, 0.6) is 0 Å². The fourth-order valence-electron chi connectivity index (χ4n) is 5.21. The Morgan fingerprint density at radius 3 is 2.39 bits per heavy atom. The molecule has 3 aromatic heterocycles. The summed E-state index contributed by atoms with van der Waals surface area (Å²) in [5.74, 6) is 0.771. The molecule has 0 spiro atoms. The maximum atomic E-state index is 13.4. The zero-order chi connectivity index (χ0) is 26.4. The molecule has 1 fully saturated rings. The number of piperazine rings is 1. The number of aromatic nitrogens is 4. The lowest BCUT2D eigenvalue weighted by Gasteiger charge is -2.33. The highest BCUT2D eigenvalue weighted by Crippen LogP contribution is 2.31. The molecular formula is C30H29N7O. The van der Waals surface area contributed by atoms with E-state index < -0.39 is 0 Å².